The molecule has 0 radical (unpaired) electrons. The first-order valence-corrected chi connectivity index (χ1v) is 5.24. The van der Waals surface area contributed by atoms with Gasteiger partial charge in [-0.3, -0.25) is 4.79 Å². The summed E-state index contributed by atoms with van der Waals surface area (Å²) in [5, 5.41) is 5.11. The van der Waals surface area contributed by atoms with Crippen LogP contribution in [0.15, 0.2) is 18.2 Å². The minimum absolute atomic E-state index is 0.257. The van der Waals surface area contributed by atoms with Crippen molar-refractivity contribution in [2.24, 2.45) is 0 Å². The van der Waals surface area contributed by atoms with Gasteiger partial charge in [-0.25, -0.2) is 8.78 Å². The Balaban J connectivity index is 2.82. The molecule has 1 rings (SSSR count). The Hall–Kier alpha value is -1.85. The molecule has 0 atom stereocenters. The second kappa shape index (κ2) is 6.03. The molecule has 0 aliphatic heterocycles. The van der Waals surface area contributed by atoms with Gasteiger partial charge in [0.2, 0.25) is 0 Å². The third-order valence-corrected chi connectivity index (χ3v) is 2.10. The van der Waals surface area contributed by atoms with Crippen LogP contribution in [-0.2, 0) is 0 Å². The number of rotatable bonds is 5. The van der Waals surface area contributed by atoms with Crippen LogP contribution in [-0.4, -0.2) is 25.4 Å². The normalized spacial score (nSPS) is 10.4. The number of nitrogens with one attached hydrogen (secondary N) is 2. The zero-order valence-corrected chi connectivity index (χ0v) is 9.47. The first-order chi connectivity index (χ1) is 8.04. The zero-order valence-electron chi connectivity index (χ0n) is 9.47. The first kappa shape index (κ1) is 13.2. The van der Waals surface area contributed by atoms with Crippen LogP contribution in [0.1, 0.15) is 17.3 Å². The molecule has 0 heterocycles. The quantitative estimate of drug-likeness (QED) is 0.689. The summed E-state index contributed by atoms with van der Waals surface area (Å²) in [5.74, 6) is -0.257. The van der Waals surface area contributed by atoms with E-state index in [1.165, 1.54) is 12.1 Å². The molecule has 0 aliphatic carbocycles. The highest BCUT2D eigenvalue weighted by molar-refractivity contribution is 5.96. The summed E-state index contributed by atoms with van der Waals surface area (Å²) in [7, 11) is 0. The van der Waals surface area contributed by atoms with Gasteiger partial charge in [0.25, 0.3) is 12.3 Å². The van der Waals surface area contributed by atoms with Crippen LogP contribution in [0.3, 0.4) is 0 Å². The molecular weight excluding hydrogens is 228 g/mol. The average molecular weight is 243 g/mol. The molecule has 17 heavy (non-hydrogen) atoms. The Kier molecular flexibility index (Phi) is 4.68. The maximum absolute atomic E-state index is 12.0. The fraction of sp³-hybridized carbons (Fsp3) is 0.364. The molecular formula is C11H15F2N3O. The van der Waals surface area contributed by atoms with E-state index in [0.717, 1.165) is 0 Å². The van der Waals surface area contributed by atoms with E-state index in [1.807, 2.05) is 0 Å². The Labute approximate surface area is 98.2 Å². The molecule has 0 unspecified atom stereocenters. The number of halogens is 2. The summed E-state index contributed by atoms with van der Waals surface area (Å²) in [6.45, 7) is 1.80. The van der Waals surface area contributed by atoms with Gasteiger partial charge in [0, 0.05) is 12.1 Å². The molecule has 4 N–H and O–H groups in total. The topological polar surface area (TPSA) is 67.2 Å². The summed E-state index contributed by atoms with van der Waals surface area (Å²) in [6.07, 6.45) is -2.47. The maximum Gasteiger partial charge on any atom is 0.255 e. The standard InChI is InChI=1S/C11H15F2N3O/c1-2-15-11(17)7-3-4-8(14)9(5-7)16-6-10(12)13/h3-5,10,16H,2,6,14H2,1H3,(H,15,17). The lowest BCUT2D eigenvalue weighted by atomic mass is 10.1. The van der Waals surface area contributed by atoms with Gasteiger partial charge in [0.05, 0.1) is 17.9 Å². The maximum atomic E-state index is 12.0. The monoisotopic (exact) mass is 243 g/mol. The molecule has 0 aromatic heterocycles. The average Bonchev–Trinajstić information content (AvgIpc) is 2.28. The fourth-order valence-corrected chi connectivity index (χ4v) is 1.30. The molecule has 0 bridgehead atoms. The molecule has 1 aromatic rings. The smallest absolute Gasteiger partial charge is 0.255 e. The second-order valence-electron chi connectivity index (χ2n) is 3.43. The first-order valence-electron chi connectivity index (χ1n) is 5.24. The largest absolute Gasteiger partial charge is 0.397 e. The number of carbonyl (C=O) groups excluding carboxylic acids is 1. The lowest BCUT2D eigenvalue weighted by Gasteiger charge is -2.10. The molecule has 4 nitrogen and oxygen atoms in total. The predicted molar refractivity (Wildman–Crippen MR) is 63.4 cm³/mol. The van der Waals surface area contributed by atoms with E-state index in [9.17, 15) is 13.6 Å². The van der Waals surface area contributed by atoms with Gasteiger partial charge in [-0.05, 0) is 25.1 Å². The molecule has 0 saturated carbocycles. The van der Waals surface area contributed by atoms with Gasteiger partial charge in [0.1, 0.15) is 0 Å². The Morgan fingerprint density at radius 3 is 2.76 bits per heavy atom. The number of alkyl halides is 2. The Bertz CT molecular complexity index is 396. The SMILES string of the molecule is CCNC(=O)c1ccc(N)c(NCC(F)F)c1. The van der Waals surface area contributed by atoms with E-state index in [0.29, 0.717) is 23.5 Å². The van der Waals surface area contributed by atoms with E-state index >= 15 is 0 Å². The molecule has 0 saturated heterocycles. The van der Waals surface area contributed by atoms with E-state index in [-0.39, 0.29) is 5.91 Å². The number of nitrogens with two attached hydrogens (primary N) is 1. The van der Waals surface area contributed by atoms with Crippen molar-refractivity contribution in [3.63, 3.8) is 0 Å². The van der Waals surface area contributed by atoms with Crippen molar-refractivity contribution in [2.45, 2.75) is 13.3 Å². The van der Waals surface area contributed by atoms with Crippen LogP contribution in [0, 0.1) is 0 Å². The van der Waals surface area contributed by atoms with Crippen LogP contribution in [0.25, 0.3) is 0 Å². The number of hydrogen-bond donors (Lipinski definition) is 3. The number of hydrogen-bond acceptors (Lipinski definition) is 3. The molecule has 0 aliphatic rings. The van der Waals surface area contributed by atoms with Crippen molar-refractivity contribution < 1.29 is 13.6 Å². The van der Waals surface area contributed by atoms with E-state index in [1.54, 1.807) is 13.0 Å². The Morgan fingerprint density at radius 1 is 1.47 bits per heavy atom. The van der Waals surface area contributed by atoms with Gasteiger partial charge in [0.15, 0.2) is 0 Å². The molecule has 1 amide bonds. The summed E-state index contributed by atoms with van der Waals surface area (Å²) >= 11 is 0. The van der Waals surface area contributed by atoms with Crippen molar-refractivity contribution >= 4 is 17.3 Å². The van der Waals surface area contributed by atoms with Crippen LogP contribution >= 0.6 is 0 Å². The van der Waals surface area contributed by atoms with Crippen LogP contribution in [0.5, 0.6) is 0 Å². The van der Waals surface area contributed by atoms with E-state index in [4.69, 9.17) is 5.73 Å². The number of benzene rings is 1. The summed E-state index contributed by atoms with van der Waals surface area (Å²) in [4.78, 5) is 11.5. The van der Waals surface area contributed by atoms with Gasteiger partial charge < -0.3 is 16.4 Å². The van der Waals surface area contributed by atoms with Crippen LogP contribution in [0.2, 0.25) is 0 Å². The Morgan fingerprint density at radius 2 is 2.18 bits per heavy atom. The highest BCUT2D eigenvalue weighted by Crippen LogP contribution is 2.20. The van der Waals surface area contributed by atoms with Crippen molar-refractivity contribution in [3.05, 3.63) is 23.8 Å². The molecule has 0 fully saturated rings. The summed E-state index contributed by atoms with van der Waals surface area (Å²) < 4.78 is 24.1. The summed E-state index contributed by atoms with van der Waals surface area (Å²) in [5.41, 5.74) is 6.67. The van der Waals surface area contributed by atoms with Gasteiger partial charge in [-0.1, -0.05) is 0 Å². The van der Waals surface area contributed by atoms with Crippen molar-refractivity contribution in [2.75, 3.05) is 24.1 Å². The number of amides is 1. The molecule has 0 spiro atoms. The fourth-order valence-electron chi connectivity index (χ4n) is 1.30. The third-order valence-electron chi connectivity index (χ3n) is 2.10. The number of anilines is 2. The van der Waals surface area contributed by atoms with Gasteiger partial charge in [-0.2, -0.15) is 0 Å². The highest BCUT2D eigenvalue weighted by Gasteiger charge is 2.09. The van der Waals surface area contributed by atoms with Crippen molar-refractivity contribution in [3.8, 4) is 0 Å². The lowest BCUT2D eigenvalue weighted by molar-refractivity contribution is 0.0956. The number of nitrogen functional groups attached to an aromatic ring is 1. The summed E-state index contributed by atoms with van der Waals surface area (Å²) in [6, 6.07) is 4.52. The van der Waals surface area contributed by atoms with Crippen LogP contribution in [0.4, 0.5) is 20.2 Å². The minimum Gasteiger partial charge on any atom is -0.397 e. The van der Waals surface area contributed by atoms with Crippen molar-refractivity contribution in [1.29, 1.82) is 0 Å². The third kappa shape index (κ3) is 3.90. The second-order valence-corrected chi connectivity index (χ2v) is 3.43. The zero-order chi connectivity index (χ0) is 12.8. The number of carbonyl (C=O) groups is 1. The molecule has 94 valence electrons. The highest BCUT2D eigenvalue weighted by atomic mass is 19.3. The minimum atomic E-state index is -2.47. The van der Waals surface area contributed by atoms with Gasteiger partial charge >= 0.3 is 0 Å². The predicted octanol–water partition coefficient (Wildman–Crippen LogP) is 1.70. The molecule has 1 aromatic carbocycles. The molecule has 6 heteroatoms. The van der Waals surface area contributed by atoms with Crippen LogP contribution < -0.4 is 16.4 Å². The van der Waals surface area contributed by atoms with Crippen molar-refractivity contribution in [1.82, 2.24) is 5.32 Å². The lowest BCUT2D eigenvalue weighted by Crippen LogP contribution is -2.23. The van der Waals surface area contributed by atoms with E-state index < -0.39 is 13.0 Å². The van der Waals surface area contributed by atoms with E-state index in [2.05, 4.69) is 10.6 Å². The van der Waals surface area contributed by atoms with Gasteiger partial charge in [-0.15, -0.1) is 0 Å².